The van der Waals surface area contributed by atoms with Crippen molar-refractivity contribution in [3.05, 3.63) is 24.5 Å². The second-order valence-corrected chi connectivity index (χ2v) is 7.33. The number of nitrogens with one attached hydrogen (secondary N) is 2. The lowest BCUT2D eigenvalue weighted by Crippen LogP contribution is -2.38. The highest BCUT2D eigenvalue weighted by Crippen LogP contribution is 2.38. The van der Waals surface area contributed by atoms with Crippen molar-refractivity contribution in [2.24, 2.45) is 28.3 Å². The fourth-order valence-electron chi connectivity index (χ4n) is 3.79. The molecule has 134 valence electrons. The van der Waals surface area contributed by atoms with Crippen LogP contribution in [0, 0.1) is 11.8 Å². The SMILES string of the molecule is CC(C)(N=C(N)N)C1CCC(C(=O)Nc2ccnc3[nH]ccc23)CC1. The molecule has 0 unspecified atom stereocenters. The molecule has 1 saturated carbocycles. The molecule has 1 amide bonds. The summed E-state index contributed by atoms with van der Waals surface area (Å²) in [4.78, 5) is 24.3. The number of pyridine rings is 1. The molecule has 1 aliphatic carbocycles. The number of aromatic amines is 1. The van der Waals surface area contributed by atoms with E-state index in [1.165, 1.54) is 0 Å². The van der Waals surface area contributed by atoms with E-state index >= 15 is 0 Å². The van der Waals surface area contributed by atoms with Crippen LogP contribution in [0.15, 0.2) is 29.5 Å². The normalized spacial score (nSPS) is 21.0. The molecule has 0 saturated heterocycles. The number of amides is 1. The molecule has 0 bridgehead atoms. The van der Waals surface area contributed by atoms with Crippen molar-refractivity contribution in [2.75, 3.05) is 5.32 Å². The number of hydrogen-bond acceptors (Lipinski definition) is 3. The predicted octanol–water partition coefficient (Wildman–Crippen LogP) is 2.36. The number of hydrogen-bond donors (Lipinski definition) is 4. The molecule has 25 heavy (non-hydrogen) atoms. The molecule has 2 aromatic rings. The van der Waals surface area contributed by atoms with E-state index in [0.717, 1.165) is 42.4 Å². The van der Waals surface area contributed by atoms with Crippen molar-refractivity contribution in [3.63, 3.8) is 0 Å². The smallest absolute Gasteiger partial charge is 0.227 e. The molecule has 2 heterocycles. The van der Waals surface area contributed by atoms with E-state index in [-0.39, 0.29) is 23.3 Å². The van der Waals surface area contributed by atoms with Crippen molar-refractivity contribution in [3.8, 4) is 0 Å². The van der Waals surface area contributed by atoms with Crippen LogP contribution < -0.4 is 16.8 Å². The van der Waals surface area contributed by atoms with E-state index in [9.17, 15) is 4.79 Å². The Kier molecular flexibility index (Phi) is 4.65. The summed E-state index contributed by atoms with van der Waals surface area (Å²) < 4.78 is 0. The van der Waals surface area contributed by atoms with Gasteiger partial charge in [0.1, 0.15) is 5.65 Å². The third kappa shape index (κ3) is 3.75. The number of aromatic nitrogens is 2. The fraction of sp³-hybridized carbons (Fsp3) is 0.500. The summed E-state index contributed by atoms with van der Waals surface area (Å²) in [6, 6.07) is 3.76. The van der Waals surface area contributed by atoms with Crippen molar-refractivity contribution < 1.29 is 4.79 Å². The van der Waals surface area contributed by atoms with E-state index in [1.54, 1.807) is 6.20 Å². The van der Waals surface area contributed by atoms with E-state index in [1.807, 2.05) is 18.3 Å². The maximum Gasteiger partial charge on any atom is 0.227 e. The molecule has 7 heteroatoms. The van der Waals surface area contributed by atoms with Crippen molar-refractivity contribution in [1.29, 1.82) is 0 Å². The Hall–Kier alpha value is -2.57. The molecule has 7 nitrogen and oxygen atoms in total. The van der Waals surface area contributed by atoms with Crippen LogP contribution >= 0.6 is 0 Å². The van der Waals surface area contributed by atoms with Crippen LogP contribution in [0.5, 0.6) is 0 Å². The predicted molar refractivity (Wildman–Crippen MR) is 100 cm³/mol. The van der Waals surface area contributed by atoms with Crippen LogP contribution in [0.2, 0.25) is 0 Å². The van der Waals surface area contributed by atoms with Gasteiger partial charge in [-0.1, -0.05) is 0 Å². The zero-order valence-corrected chi connectivity index (χ0v) is 14.7. The van der Waals surface area contributed by atoms with Crippen LogP contribution in [0.1, 0.15) is 39.5 Å². The number of H-pyrrole nitrogens is 1. The summed E-state index contributed by atoms with van der Waals surface area (Å²) >= 11 is 0. The quantitative estimate of drug-likeness (QED) is 0.503. The van der Waals surface area contributed by atoms with E-state index in [0.29, 0.717) is 5.92 Å². The van der Waals surface area contributed by atoms with Gasteiger partial charge in [-0.05, 0) is 57.6 Å². The number of nitrogens with two attached hydrogens (primary N) is 2. The highest BCUT2D eigenvalue weighted by Gasteiger charge is 2.35. The minimum atomic E-state index is -0.289. The van der Waals surface area contributed by atoms with Gasteiger partial charge in [-0.25, -0.2) is 9.98 Å². The highest BCUT2D eigenvalue weighted by molar-refractivity contribution is 6.00. The summed E-state index contributed by atoms with van der Waals surface area (Å²) in [7, 11) is 0. The molecular weight excluding hydrogens is 316 g/mol. The second-order valence-electron chi connectivity index (χ2n) is 7.33. The van der Waals surface area contributed by atoms with Gasteiger partial charge in [0.15, 0.2) is 5.96 Å². The molecule has 1 fully saturated rings. The van der Waals surface area contributed by atoms with Gasteiger partial charge in [0, 0.05) is 23.7 Å². The average molecular weight is 342 g/mol. The lowest BCUT2D eigenvalue weighted by atomic mass is 9.73. The van der Waals surface area contributed by atoms with Gasteiger partial charge in [-0.3, -0.25) is 4.79 Å². The molecular formula is C18H26N6O. The Bertz CT molecular complexity index is 782. The zero-order valence-electron chi connectivity index (χ0n) is 14.7. The van der Waals surface area contributed by atoms with Crippen LogP contribution in [0.3, 0.4) is 0 Å². The number of rotatable bonds is 4. The summed E-state index contributed by atoms with van der Waals surface area (Å²) in [6.07, 6.45) is 7.10. The van der Waals surface area contributed by atoms with Crippen molar-refractivity contribution in [2.45, 2.75) is 45.1 Å². The maximum atomic E-state index is 12.7. The molecule has 2 aromatic heterocycles. The second kappa shape index (κ2) is 6.74. The van der Waals surface area contributed by atoms with Gasteiger partial charge in [0.2, 0.25) is 5.91 Å². The summed E-state index contributed by atoms with van der Waals surface area (Å²) in [6.45, 7) is 4.11. The third-order valence-corrected chi connectivity index (χ3v) is 5.23. The Morgan fingerprint density at radius 3 is 2.68 bits per heavy atom. The first kappa shape index (κ1) is 17.3. The average Bonchev–Trinajstić information content (AvgIpc) is 3.03. The molecule has 3 rings (SSSR count). The van der Waals surface area contributed by atoms with Gasteiger partial charge in [-0.15, -0.1) is 0 Å². The van der Waals surface area contributed by atoms with E-state index in [4.69, 9.17) is 11.5 Å². The first-order chi connectivity index (χ1) is 11.9. The molecule has 1 aliphatic rings. The summed E-state index contributed by atoms with van der Waals surface area (Å²) in [5.74, 6) is 0.606. The van der Waals surface area contributed by atoms with Gasteiger partial charge >= 0.3 is 0 Å². The Morgan fingerprint density at radius 2 is 2.00 bits per heavy atom. The highest BCUT2D eigenvalue weighted by atomic mass is 16.1. The third-order valence-electron chi connectivity index (χ3n) is 5.23. The number of carbonyl (C=O) groups is 1. The van der Waals surface area contributed by atoms with Gasteiger partial charge < -0.3 is 21.8 Å². The van der Waals surface area contributed by atoms with Gasteiger partial charge in [-0.2, -0.15) is 0 Å². The number of aliphatic imine (C=N–C) groups is 1. The first-order valence-electron chi connectivity index (χ1n) is 8.70. The van der Waals surface area contributed by atoms with Crippen LogP contribution in [-0.2, 0) is 4.79 Å². The van der Waals surface area contributed by atoms with Crippen molar-refractivity contribution >= 4 is 28.6 Å². The number of guanidine groups is 1. The molecule has 0 radical (unpaired) electrons. The summed E-state index contributed by atoms with van der Waals surface area (Å²) in [5, 5.41) is 3.99. The standard InChI is InChI=1S/C18H26N6O/c1-18(2,24-17(19)20)12-5-3-11(4-6-12)16(25)23-14-8-10-22-15-13(14)7-9-21-15/h7-12H,3-6H2,1-2H3,(H4,19,20,24)(H2,21,22,23,25). The number of carbonyl (C=O) groups excluding carboxylic acids is 1. The molecule has 0 atom stereocenters. The van der Waals surface area contributed by atoms with Gasteiger partial charge in [0.05, 0.1) is 11.2 Å². The first-order valence-corrected chi connectivity index (χ1v) is 8.70. The largest absolute Gasteiger partial charge is 0.370 e. The lowest BCUT2D eigenvalue weighted by molar-refractivity contribution is -0.121. The number of fused-ring (bicyclic) bond motifs is 1. The Labute approximate surface area is 147 Å². The zero-order chi connectivity index (χ0) is 18.0. The van der Waals surface area contributed by atoms with E-state index < -0.39 is 0 Å². The van der Waals surface area contributed by atoms with Crippen molar-refractivity contribution in [1.82, 2.24) is 9.97 Å². The van der Waals surface area contributed by atoms with Crippen LogP contribution in [0.25, 0.3) is 11.0 Å². The molecule has 0 aromatic carbocycles. The molecule has 6 N–H and O–H groups in total. The number of nitrogens with zero attached hydrogens (tertiary/aromatic N) is 2. The minimum Gasteiger partial charge on any atom is -0.370 e. The molecule has 0 aliphatic heterocycles. The lowest BCUT2D eigenvalue weighted by Gasteiger charge is -2.36. The Balaban J connectivity index is 1.62. The van der Waals surface area contributed by atoms with E-state index in [2.05, 4.69) is 34.1 Å². The monoisotopic (exact) mass is 342 g/mol. The number of anilines is 1. The topological polar surface area (TPSA) is 122 Å². The van der Waals surface area contributed by atoms with Gasteiger partial charge in [0.25, 0.3) is 0 Å². The summed E-state index contributed by atoms with van der Waals surface area (Å²) in [5.41, 5.74) is 12.4. The maximum absolute atomic E-state index is 12.7. The minimum absolute atomic E-state index is 0.0217. The van der Waals surface area contributed by atoms with Crippen LogP contribution in [-0.4, -0.2) is 27.4 Å². The van der Waals surface area contributed by atoms with Crippen LogP contribution in [0.4, 0.5) is 5.69 Å². The molecule has 0 spiro atoms. The Morgan fingerprint density at radius 1 is 1.28 bits per heavy atom. The fourth-order valence-corrected chi connectivity index (χ4v) is 3.79.